The molecule has 0 bridgehead atoms. The normalized spacial score (nSPS) is 10.8. The van der Waals surface area contributed by atoms with E-state index in [0.717, 1.165) is 0 Å². The largest absolute Gasteiger partial charge is 0.383 e. The predicted molar refractivity (Wildman–Crippen MR) is 76.7 cm³/mol. The van der Waals surface area contributed by atoms with Gasteiger partial charge in [-0.25, -0.2) is 4.98 Å². The lowest BCUT2D eigenvalue weighted by Crippen LogP contribution is -2.09. The fourth-order valence-corrected chi connectivity index (χ4v) is 2.34. The van der Waals surface area contributed by atoms with Crippen LogP contribution in [0.2, 0.25) is 0 Å². The molecule has 0 radical (unpaired) electrons. The zero-order valence-electron chi connectivity index (χ0n) is 11.0. The number of nitrogen functional groups attached to an aromatic ring is 1. The summed E-state index contributed by atoms with van der Waals surface area (Å²) in [5.74, 6) is 0.483. The maximum absolute atomic E-state index is 11.2. The van der Waals surface area contributed by atoms with Gasteiger partial charge in [0.15, 0.2) is 0 Å². The molecule has 0 amide bonds. The number of aromatic nitrogens is 4. The number of hydrogen-bond donors (Lipinski definition) is 1. The highest BCUT2D eigenvalue weighted by atomic mass is 79.9. The Morgan fingerprint density at radius 3 is 2.60 bits per heavy atom. The Labute approximate surface area is 123 Å². The zero-order chi connectivity index (χ0) is 14.9. The van der Waals surface area contributed by atoms with Crippen LogP contribution in [0.4, 0.5) is 11.5 Å². The molecule has 0 fully saturated rings. The van der Waals surface area contributed by atoms with Gasteiger partial charge < -0.3 is 5.73 Å². The molecule has 0 aromatic carbocycles. The van der Waals surface area contributed by atoms with Gasteiger partial charge in [0.05, 0.1) is 4.92 Å². The number of nitrogens with two attached hydrogens (primary N) is 1. The van der Waals surface area contributed by atoms with Crippen molar-refractivity contribution in [1.29, 1.82) is 0 Å². The smallest absolute Gasteiger partial charge is 0.313 e. The number of halogens is 1. The fourth-order valence-electron chi connectivity index (χ4n) is 1.94. The van der Waals surface area contributed by atoms with E-state index in [4.69, 9.17) is 5.73 Å². The quantitative estimate of drug-likeness (QED) is 0.517. The second kappa shape index (κ2) is 5.53. The summed E-state index contributed by atoms with van der Waals surface area (Å²) >= 11 is 3.22. The van der Waals surface area contributed by atoms with E-state index in [9.17, 15) is 10.1 Å². The molecule has 0 aliphatic carbocycles. The standard InChI is InChI=1S/C11H13BrN6O2/c1-3-6-10(18(19)20)7(4-2)17(16-6)11-14-8(12)5-9(13)15-11/h5H,3-4H2,1-2H3,(H2,13,14,15). The van der Waals surface area contributed by atoms with Gasteiger partial charge >= 0.3 is 5.69 Å². The van der Waals surface area contributed by atoms with Crippen molar-refractivity contribution < 1.29 is 4.92 Å². The molecule has 20 heavy (non-hydrogen) atoms. The Morgan fingerprint density at radius 2 is 2.10 bits per heavy atom. The van der Waals surface area contributed by atoms with E-state index in [1.807, 2.05) is 13.8 Å². The summed E-state index contributed by atoms with van der Waals surface area (Å²) in [5.41, 5.74) is 6.57. The number of anilines is 1. The minimum Gasteiger partial charge on any atom is -0.383 e. The van der Waals surface area contributed by atoms with Crippen molar-refractivity contribution in [2.75, 3.05) is 5.73 Å². The van der Waals surface area contributed by atoms with Crippen molar-refractivity contribution in [3.05, 3.63) is 32.2 Å². The summed E-state index contributed by atoms with van der Waals surface area (Å²) in [6.45, 7) is 3.64. The maximum atomic E-state index is 11.2. The lowest BCUT2D eigenvalue weighted by atomic mass is 10.2. The molecule has 2 N–H and O–H groups in total. The van der Waals surface area contributed by atoms with Crippen LogP contribution in [0.15, 0.2) is 10.7 Å². The Morgan fingerprint density at radius 1 is 1.40 bits per heavy atom. The maximum Gasteiger partial charge on any atom is 0.313 e. The van der Waals surface area contributed by atoms with Gasteiger partial charge in [0.2, 0.25) is 0 Å². The summed E-state index contributed by atoms with van der Waals surface area (Å²) in [6.07, 6.45) is 0.902. The van der Waals surface area contributed by atoms with Gasteiger partial charge in [-0.2, -0.15) is 14.8 Å². The number of nitro groups is 1. The molecule has 106 valence electrons. The molecule has 2 heterocycles. The van der Waals surface area contributed by atoms with Crippen LogP contribution >= 0.6 is 15.9 Å². The Bertz CT molecular complexity index is 649. The van der Waals surface area contributed by atoms with E-state index < -0.39 is 4.92 Å². The van der Waals surface area contributed by atoms with E-state index in [2.05, 4.69) is 31.0 Å². The Balaban J connectivity index is 2.70. The van der Waals surface area contributed by atoms with Gasteiger partial charge in [-0.05, 0) is 28.8 Å². The first-order chi connectivity index (χ1) is 9.47. The van der Waals surface area contributed by atoms with Crippen LogP contribution in [0, 0.1) is 10.1 Å². The number of aryl methyl sites for hydroxylation is 1. The summed E-state index contributed by atoms with van der Waals surface area (Å²) in [6, 6.07) is 1.55. The van der Waals surface area contributed by atoms with Crippen molar-refractivity contribution in [2.45, 2.75) is 26.7 Å². The second-order valence-corrected chi connectivity index (χ2v) is 4.85. The fraction of sp³-hybridized carbons (Fsp3) is 0.364. The first kappa shape index (κ1) is 14.4. The first-order valence-electron chi connectivity index (χ1n) is 6.03. The third kappa shape index (κ3) is 2.48. The average Bonchev–Trinajstić information content (AvgIpc) is 2.76. The van der Waals surface area contributed by atoms with Crippen molar-refractivity contribution in [1.82, 2.24) is 19.7 Å². The molecule has 2 aromatic rings. The lowest BCUT2D eigenvalue weighted by Gasteiger charge is -2.04. The highest BCUT2D eigenvalue weighted by Gasteiger charge is 2.27. The van der Waals surface area contributed by atoms with Crippen LogP contribution in [0.3, 0.4) is 0 Å². The molecule has 0 aliphatic heterocycles. The van der Waals surface area contributed by atoms with Gasteiger partial charge in [0.1, 0.15) is 21.8 Å². The number of hydrogen-bond acceptors (Lipinski definition) is 6. The van der Waals surface area contributed by atoms with Crippen LogP contribution in [0.25, 0.3) is 5.95 Å². The molecular weight excluding hydrogens is 328 g/mol. The van der Waals surface area contributed by atoms with Crippen molar-refractivity contribution in [3.63, 3.8) is 0 Å². The van der Waals surface area contributed by atoms with Crippen LogP contribution in [0.5, 0.6) is 0 Å². The minimum absolute atomic E-state index is 0.0251. The molecule has 2 rings (SSSR count). The molecule has 8 nitrogen and oxygen atoms in total. The highest BCUT2D eigenvalue weighted by Crippen LogP contribution is 2.26. The Kier molecular flexibility index (Phi) is 3.98. The summed E-state index contributed by atoms with van der Waals surface area (Å²) in [7, 11) is 0. The molecule has 0 saturated heterocycles. The van der Waals surface area contributed by atoms with E-state index in [1.54, 1.807) is 6.07 Å². The average molecular weight is 341 g/mol. The summed E-state index contributed by atoms with van der Waals surface area (Å²) < 4.78 is 1.89. The van der Waals surface area contributed by atoms with Gasteiger partial charge in [0, 0.05) is 6.07 Å². The molecule has 0 aliphatic rings. The Hall–Kier alpha value is -2.03. The molecule has 9 heteroatoms. The van der Waals surface area contributed by atoms with Gasteiger partial charge in [-0.3, -0.25) is 10.1 Å². The van der Waals surface area contributed by atoms with E-state index in [1.165, 1.54) is 4.68 Å². The van der Waals surface area contributed by atoms with Gasteiger partial charge in [-0.1, -0.05) is 13.8 Å². The first-order valence-corrected chi connectivity index (χ1v) is 6.82. The van der Waals surface area contributed by atoms with Crippen molar-refractivity contribution in [3.8, 4) is 5.95 Å². The van der Waals surface area contributed by atoms with Crippen LogP contribution in [-0.2, 0) is 12.8 Å². The summed E-state index contributed by atoms with van der Waals surface area (Å²) in [5, 5.41) is 15.5. The SMILES string of the molecule is CCc1nn(-c2nc(N)cc(Br)n2)c(CC)c1[N+](=O)[O-]. The van der Waals surface area contributed by atoms with Crippen molar-refractivity contribution >= 4 is 27.4 Å². The van der Waals surface area contributed by atoms with Crippen LogP contribution in [-0.4, -0.2) is 24.7 Å². The third-order valence-electron chi connectivity index (χ3n) is 2.77. The molecule has 0 spiro atoms. The van der Waals surface area contributed by atoms with Crippen LogP contribution in [0.1, 0.15) is 25.2 Å². The number of rotatable bonds is 4. The predicted octanol–water partition coefficient (Wildman–Crippen LogP) is 2.04. The van der Waals surface area contributed by atoms with Gasteiger partial charge in [-0.15, -0.1) is 0 Å². The third-order valence-corrected chi connectivity index (χ3v) is 3.17. The van der Waals surface area contributed by atoms with E-state index in [-0.39, 0.29) is 17.5 Å². The van der Waals surface area contributed by atoms with Crippen molar-refractivity contribution in [2.24, 2.45) is 0 Å². The monoisotopic (exact) mass is 340 g/mol. The molecule has 2 aromatic heterocycles. The zero-order valence-corrected chi connectivity index (χ0v) is 12.6. The second-order valence-electron chi connectivity index (χ2n) is 4.03. The molecule has 0 saturated carbocycles. The lowest BCUT2D eigenvalue weighted by molar-refractivity contribution is -0.386. The van der Waals surface area contributed by atoms with E-state index >= 15 is 0 Å². The van der Waals surface area contributed by atoms with Crippen LogP contribution < -0.4 is 5.73 Å². The molecule has 0 atom stereocenters. The highest BCUT2D eigenvalue weighted by molar-refractivity contribution is 9.10. The topological polar surface area (TPSA) is 113 Å². The molecule has 0 unspecified atom stereocenters. The van der Waals surface area contributed by atoms with E-state index in [0.29, 0.717) is 28.8 Å². The number of nitrogens with zero attached hydrogens (tertiary/aromatic N) is 5. The molecular formula is C11H13BrN6O2. The minimum atomic E-state index is -0.414. The summed E-state index contributed by atoms with van der Waals surface area (Å²) in [4.78, 5) is 19.0. The van der Waals surface area contributed by atoms with Gasteiger partial charge in [0.25, 0.3) is 5.95 Å².